The van der Waals surface area contributed by atoms with E-state index < -0.39 is 0 Å². The molecular formula is C24H37ClN2O2. The van der Waals surface area contributed by atoms with Gasteiger partial charge in [-0.25, -0.2) is 0 Å². The van der Waals surface area contributed by atoms with E-state index in [1.165, 1.54) is 0 Å². The Morgan fingerprint density at radius 3 is 2.52 bits per heavy atom. The van der Waals surface area contributed by atoms with Crippen molar-refractivity contribution < 1.29 is 9.53 Å². The molecule has 0 aromatic heterocycles. The maximum atomic E-state index is 12.4. The average molecular weight is 421 g/mol. The molecule has 0 amide bonds. The Morgan fingerprint density at radius 1 is 1.24 bits per heavy atom. The predicted octanol–water partition coefficient (Wildman–Crippen LogP) is 5.41. The maximum Gasteiger partial charge on any atom is 0.160 e. The third-order valence-corrected chi connectivity index (χ3v) is 5.27. The number of benzene rings is 1. The second-order valence-electron chi connectivity index (χ2n) is 8.04. The van der Waals surface area contributed by atoms with Gasteiger partial charge in [0.15, 0.2) is 5.78 Å². The number of carbonyl (C=O) groups is 1. The summed E-state index contributed by atoms with van der Waals surface area (Å²) in [5, 5.41) is 4.27. The van der Waals surface area contributed by atoms with Gasteiger partial charge in [0.1, 0.15) is 0 Å². The quantitative estimate of drug-likeness (QED) is 0.552. The molecule has 1 aromatic carbocycles. The molecule has 3 N–H and O–H groups in total. The summed E-state index contributed by atoms with van der Waals surface area (Å²) >= 11 is 6.33. The summed E-state index contributed by atoms with van der Waals surface area (Å²) in [7, 11) is 0. The topological polar surface area (TPSA) is 64.3 Å². The summed E-state index contributed by atoms with van der Waals surface area (Å²) in [4.78, 5) is 12.4. The van der Waals surface area contributed by atoms with E-state index in [0.29, 0.717) is 26.2 Å². The molecule has 5 heteroatoms. The van der Waals surface area contributed by atoms with Gasteiger partial charge in [-0.1, -0.05) is 57.5 Å². The number of allylic oxidation sites excluding steroid dienone is 3. The Kier molecular flexibility index (Phi) is 10.7. The molecule has 0 heterocycles. The molecule has 0 bridgehead atoms. The molecule has 1 aliphatic rings. The van der Waals surface area contributed by atoms with Gasteiger partial charge < -0.3 is 15.8 Å². The van der Waals surface area contributed by atoms with Crippen LogP contribution >= 0.6 is 11.6 Å². The Balaban J connectivity index is 0.00000204. The molecule has 0 saturated heterocycles. The number of hydrogen-bond donors (Lipinski definition) is 2. The van der Waals surface area contributed by atoms with Crippen LogP contribution < -0.4 is 11.1 Å². The van der Waals surface area contributed by atoms with Crippen molar-refractivity contribution in [2.24, 2.45) is 11.1 Å². The molecule has 162 valence electrons. The van der Waals surface area contributed by atoms with Crippen molar-refractivity contribution in [2.45, 2.75) is 60.8 Å². The van der Waals surface area contributed by atoms with E-state index in [1.807, 2.05) is 45.0 Å². The number of ketones is 1. The lowest BCUT2D eigenvalue weighted by atomic mass is 9.76. The van der Waals surface area contributed by atoms with Crippen LogP contribution in [-0.2, 0) is 16.0 Å². The number of Topliss-reactive ketones (excluding diaryl/α,β-unsaturated/α-hetero) is 1. The third-order valence-electron chi connectivity index (χ3n) is 4.90. The first kappa shape index (κ1) is 25.4. The summed E-state index contributed by atoms with van der Waals surface area (Å²) in [5.41, 5.74) is 10.5. The van der Waals surface area contributed by atoms with Crippen LogP contribution in [0.25, 0.3) is 0 Å². The predicted molar refractivity (Wildman–Crippen MR) is 123 cm³/mol. The van der Waals surface area contributed by atoms with Crippen LogP contribution in [0.2, 0.25) is 5.02 Å². The van der Waals surface area contributed by atoms with E-state index in [4.69, 9.17) is 22.1 Å². The highest BCUT2D eigenvalue weighted by Gasteiger charge is 2.31. The van der Waals surface area contributed by atoms with Crippen molar-refractivity contribution in [3.63, 3.8) is 0 Å². The number of nitrogens with one attached hydrogen (secondary N) is 1. The van der Waals surface area contributed by atoms with Gasteiger partial charge in [0, 0.05) is 35.0 Å². The average Bonchev–Trinajstić information content (AvgIpc) is 2.67. The molecular weight excluding hydrogens is 384 g/mol. The monoisotopic (exact) mass is 420 g/mol. The fourth-order valence-corrected chi connectivity index (χ4v) is 3.49. The highest BCUT2D eigenvalue weighted by atomic mass is 35.5. The van der Waals surface area contributed by atoms with Gasteiger partial charge >= 0.3 is 0 Å². The number of carbonyl (C=O) groups excluding carboxylic acids is 1. The van der Waals surface area contributed by atoms with Gasteiger partial charge in [0.25, 0.3) is 0 Å². The number of nitrogens with two attached hydrogens (primary N) is 1. The largest absolute Gasteiger partial charge is 0.374 e. The molecule has 1 aliphatic carbocycles. The van der Waals surface area contributed by atoms with Crippen molar-refractivity contribution in [2.75, 3.05) is 19.8 Å². The molecule has 0 radical (unpaired) electrons. The molecule has 29 heavy (non-hydrogen) atoms. The molecule has 0 saturated carbocycles. The van der Waals surface area contributed by atoms with E-state index >= 15 is 0 Å². The van der Waals surface area contributed by atoms with Gasteiger partial charge in [-0.15, -0.1) is 0 Å². The first-order chi connectivity index (χ1) is 13.7. The number of rotatable bonds is 8. The molecule has 1 aromatic rings. The van der Waals surface area contributed by atoms with E-state index in [9.17, 15) is 4.79 Å². The van der Waals surface area contributed by atoms with Crippen LogP contribution in [0.1, 0.15) is 59.9 Å². The normalized spacial score (nSPS) is 16.8. The maximum absolute atomic E-state index is 12.4. The van der Waals surface area contributed by atoms with Crippen molar-refractivity contribution in [3.8, 4) is 0 Å². The second kappa shape index (κ2) is 12.2. The van der Waals surface area contributed by atoms with E-state index in [1.54, 1.807) is 0 Å². The Bertz CT molecular complexity index is 751. The van der Waals surface area contributed by atoms with Crippen LogP contribution in [0.5, 0.6) is 0 Å². The molecule has 4 nitrogen and oxygen atoms in total. The number of halogens is 1. The van der Waals surface area contributed by atoms with Gasteiger partial charge in [0.05, 0.1) is 13.2 Å². The van der Waals surface area contributed by atoms with E-state index in [-0.39, 0.29) is 11.2 Å². The molecule has 0 spiro atoms. The van der Waals surface area contributed by atoms with Crippen LogP contribution in [0, 0.1) is 5.41 Å². The lowest BCUT2D eigenvalue weighted by Gasteiger charge is -2.32. The highest BCUT2D eigenvalue weighted by molar-refractivity contribution is 6.31. The molecule has 0 fully saturated rings. The van der Waals surface area contributed by atoms with Crippen LogP contribution in [0.15, 0.2) is 46.8 Å². The lowest BCUT2D eigenvalue weighted by molar-refractivity contribution is -0.118. The fraction of sp³-hybridized carbons (Fsp3) is 0.542. The third kappa shape index (κ3) is 7.96. The number of ether oxygens (including phenoxy) is 1. The highest BCUT2D eigenvalue weighted by Crippen LogP contribution is 2.36. The zero-order chi connectivity index (χ0) is 22.0. The van der Waals surface area contributed by atoms with Gasteiger partial charge in [-0.05, 0) is 49.3 Å². The summed E-state index contributed by atoms with van der Waals surface area (Å²) in [6.45, 7) is 13.6. The summed E-state index contributed by atoms with van der Waals surface area (Å²) in [5.74, 6) is 0.208. The van der Waals surface area contributed by atoms with Crippen LogP contribution in [-0.4, -0.2) is 25.5 Å². The summed E-state index contributed by atoms with van der Waals surface area (Å²) in [6, 6.07) is 7.85. The minimum Gasteiger partial charge on any atom is -0.374 e. The number of hydrogen-bond acceptors (Lipinski definition) is 4. The Labute approximate surface area is 181 Å². The van der Waals surface area contributed by atoms with Gasteiger partial charge in [0.2, 0.25) is 0 Å². The minimum atomic E-state index is -0.0429. The van der Waals surface area contributed by atoms with Crippen molar-refractivity contribution in [3.05, 3.63) is 57.4 Å². The SMILES string of the molecule is CC.CC1=C(N/C(COCCN)=C(/C)Cc2ccccc2Cl)CC(C)(C)CC1=O. The fourth-order valence-electron chi connectivity index (χ4n) is 3.29. The minimum absolute atomic E-state index is 0.0429. The van der Waals surface area contributed by atoms with Crippen molar-refractivity contribution in [1.82, 2.24) is 5.32 Å². The Morgan fingerprint density at radius 2 is 1.90 bits per heavy atom. The van der Waals surface area contributed by atoms with E-state index in [2.05, 4.69) is 26.1 Å². The zero-order valence-corrected chi connectivity index (χ0v) is 19.6. The lowest BCUT2D eigenvalue weighted by Crippen LogP contribution is -2.32. The van der Waals surface area contributed by atoms with Gasteiger partial charge in [-0.2, -0.15) is 0 Å². The van der Waals surface area contributed by atoms with Gasteiger partial charge in [-0.3, -0.25) is 4.79 Å². The van der Waals surface area contributed by atoms with E-state index in [0.717, 1.165) is 46.0 Å². The first-order valence-corrected chi connectivity index (χ1v) is 10.8. The smallest absolute Gasteiger partial charge is 0.160 e. The molecule has 0 unspecified atom stereocenters. The van der Waals surface area contributed by atoms with Crippen LogP contribution in [0.3, 0.4) is 0 Å². The molecule has 2 rings (SSSR count). The zero-order valence-electron chi connectivity index (χ0n) is 18.8. The standard InChI is InChI=1S/C22H31ClN2O2.C2H6/c1-15(11-17-7-5-6-8-18(17)23)20(14-27-10-9-24)25-19-12-22(3,4)13-21(26)16(19)2;1-2/h5-8,25H,9-14,24H2,1-4H3;1-2H3/b20-15-;. The van der Waals surface area contributed by atoms with Crippen molar-refractivity contribution >= 4 is 17.4 Å². The Hall–Kier alpha value is -1.62. The second-order valence-corrected chi connectivity index (χ2v) is 8.45. The molecule has 0 atom stereocenters. The first-order valence-electron chi connectivity index (χ1n) is 10.4. The summed E-state index contributed by atoms with van der Waals surface area (Å²) in [6.07, 6.45) is 2.15. The summed E-state index contributed by atoms with van der Waals surface area (Å²) < 4.78 is 5.70. The van der Waals surface area contributed by atoms with Crippen molar-refractivity contribution in [1.29, 1.82) is 0 Å². The van der Waals surface area contributed by atoms with Crippen LogP contribution in [0.4, 0.5) is 0 Å². The molecule has 0 aliphatic heterocycles.